The average Bonchev–Trinajstić information content (AvgIpc) is 2.33. The molecular weight excluding hydrogens is 258 g/mol. The topological polar surface area (TPSA) is 83.9 Å². The Bertz CT molecular complexity index is 399. The quantitative estimate of drug-likeness (QED) is 0.755. The minimum atomic E-state index is -2.92. The lowest BCUT2D eigenvalue weighted by molar-refractivity contribution is -0.159. The summed E-state index contributed by atoms with van der Waals surface area (Å²) in [6.45, 7) is 2.08. The van der Waals surface area contributed by atoms with Gasteiger partial charge in [-0.2, -0.15) is 0 Å². The number of carboxylic acids is 1. The van der Waals surface area contributed by atoms with Crippen molar-refractivity contribution < 1.29 is 23.1 Å². The lowest BCUT2D eigenvalue weighted by Gasteiger charge is -2.38. The molecule has 2 rings (SSSR count). The van der Waals surface area contributed by atoms with E-state index < -0.39 is 21.2 Å². The van der Waals surface area contributed by atoms with Crippen molar-refractivity contribution in [2.75, 3.05) is 44.4 Å². The predicted octanol–water partition coefficient (Wildman–Crippen LogP) is -0.402. The number of hydrogen-bond acceptors (Lipinski definition) is 5. The lowest BCUT2D eigenvalue weighted by Crippen LogP contribution is -2.51. The highest BCUT2D eigenvalue weighted by molar-refractivity contribution is 7.91. The van der Waals surface area contributed by atoms with Gasteiger partial charge >= 0.3 is 5.97 Å². The Labute approximate surface area is 107 Å². The van der Waals surface area contributed by atoms with Crippen molar-refractivity contribution in [2.24, 2.45) is 5.41 Å². The molecule has 1 N–H and O–H groups in total. The summed E-state index contributed by atoms with van der Waals surface area (Å²) < 4.78 is 28.0. The molecule has 18 heavy (non-hydrogen) atoms. The molecular formula is C11H19NO5S. The zero-order chi connectivity index (χ0) is 13.2. The van der Waals surface area contributed by atoms with E-state index in [0.29, 0.717) is 32.7 Å². The summed E-state index contributed by atoms with van der Waals surface area (Å²) in [5.41, 5.74) is -0.862. The molecule has 0 spiro atoms. The molecule has 2 fully saturated rings. The fraction of sp³-hybridized carbons (Fsp3) is 0.909. The van der Waals surface area contributed by atoms with E-state index in [2.05, 4.69) is 0 Å². The van der Waals surface area contributed by atoms with Crippen molar-refractivity contribution in [1.29, 1.82) is 0 Å². The molecule has 0 aromatic carbocycles. The zero-order valence-electron chi connectivity index (χ0n) is 10.3. The number of hydrogen-bond donors (Lipinski definition) is 1. The van der Waals surface area contributed by atoms with E-state index in [1.54, 1.807) is 0 Å². The van der Waals surface area contributed by atoms with Gasteiger partial charge in [-0.25, -0.2) is 8.42 Å². The van der Waals surface area contributed by atoms with Crippen LogP contribution in [0.4, 0.5) is 0 Å². The summed E-state index contributed by atoms with van der Waals surface area (Å²) in [6.07, 6.45) is 1.35. The minimum Gasteiger partial charge on any atom is -0.481 e. The number of nitrogens with zero attached hydrogens (tertiary/aromatic N) is 1. The van der Waals surface area contributed by atoms with Gasteiger partial charge in [0.15, 0.2) is 9.84 Å². The van der Waals surface area contributed by atoms with E-state index in [9.17, 15) is 18.3 Å². The number of carboxylic acid groups (broad SMARTS) is 1. The predicted molar refractivity (Wildman–Crippen MR) is 65.2 cm³/mol. The van der Waals surface area contributed by atoms with E-state index in [1.807, 2.05) is 4.90 Å². The van der Waals surface area contributed by atoms with Crippen LogP contribution in [0.25, 0.3) is 0 Å². The zero-order valence-corrected chi connectivity index (χ0v) is 11.1. The van der Waals surface area contributed by atoms with E-state index in [1.165, 1.54) is 0 Å². The molecule has 6 nitrogen and oxygen atoms in total. The van der Waals surface area contributed by atoms with Crippen LogP contribution in [0.3, 0.4) is 0 Å². The van der Waals surface area contributed by atoms with Gasteiger partial charge in [0.1, 0.15) is 5.41 Å². The van der Waals surface area contributed by atoms with Crippen LogP contribution in [-0.4, -0.2) is 68.7 Å². The van der Waals surface area contributed by atoms with Crippen LogP contribution in [0.1, 0.15) is 12.8 Å². The highest BCUT2D eigenvalue weighted by Crippen LogP contribution is 2.30. The summed E-state index contributed by atoms with van der Waals surface area (Å²) in [4.78, 5) is 13.4. The molecule has 0 bridgehead atoms. The summed E-state index contributed by atoms with van der Waals surface area (Å²) in [6, 6.07) is 0. The SMILES string of the molecule is O=C(O)C1(CN2CCS(=O)(=O)CC2)CCCOC1. The van der Waals surface area contributed by atoms with Crippen molar-refractivity contribution >= 4 is 15.8 Å². The van der Waals surface area contributed by atoms with Gasteiger partial charge in [-0.15, -0.1) is 0 Å². The van der Waals surface area contributed by atoms with Gasteiger partial charge in [0.25, 0.3) is 0 Å². The fourth-order valence-electron chi connectivity index (χ4n) is 2.55. The summed E-state index contributed by atoms with van der Waals surface area (Å²) in [7, 11) is -2.92. The lowest BCUT2D eigenvalue weighted by atomic mass is 9.82. The normalized spacial score (nSPS) is 33.1. The van der Waals surface area contributed by atoms with Crippen LogP contribution in [0.5, 0.6) is 0 Å². The Morgan fingerprint density at radius 1 is 1.33 bits per heavy atom. The average molecular weight is 277 g/mol. The van der Waals surface area contributed by atoms with Crippen molar-refractivity contribution in [3.63, 3.8) is 0 Å². The Hall–Kier alpha value is -0.660. The summed E-state index contributed by atoms with van der Waals surface area (Å²) in [5, 5.41) is 9.40. The molecule has 0 aromatic heterocycles. The molecule has 1 atom stereocenters. The van der Waals surface area contributed by atoms with E-state index in [4.69, 9.17) is 4.74 Å². The summed E-state index contributed by atoms with van der Waals surface area (Å²) in [5.74, 6) is -0.580. The van der Waals surface area contributed by atoms with Gasteiger partial charge in [-0.1, -0.05) is 0 Å². The van der Waals surface area contributed by atoms with Gasteiger partial charge in [0, 0.05) is 26.2 Å². The highest BCUT2D eigenvalue weighted by Gasteiger charge is 2.42. The Morgan fingerprint density at radius 3 is 2.50 bits per heavy atom. The molecule has 1 unspecified atom stereocenters. The van der Waals surface area contributed by atoms with Crippen LogP contribution in [0, 0.1) is 5.41 Å². The highest BCUT2D eigenvalue weighted by atomic mass is 32.2. The Kier molecular flexibility index (Phi) is 3.93. The molecule has 0 saturated carbocycles. The van der Waals surface area contributed by atoms with Gasteiger partial charge < -0.3 is 14.7 Å². The number of ether oxygens (including phenoxy) is 1. The molecule has 2 aliphatic heterocycles. The first-order valence-corrected chi connectivity index (χ1v) is 8.00. The Morgan fingerprint density at radius 2 is 2.00 bits per heavy atom. The molecule has 2 heterocycles. The Balaban J connectivity index is 2.00. The third-order valence-electron chi connectivity index (χ3n) is 3.74. The molecule has 2 saturated heterocycles. The maximum Gasteiger partial charge on any atom is 0.313 e. The third-order valence-corrected chi connectivity index (χ3v) is 5.35. The second-order valence-electron chi connectivity index (χ2n) is 5.17. The number of aliphatic carboxylic acids is 1. The van der Waals surface area contributed by atoms with Gasteiger partial charge in [-0.3, -0.25) is 4.79 Å². The van der Waals surface area contributed by atoms with E-state index in [-0.39, 0.29) is 18.1 Å². The fourth-order valence-corrected chi connectivity index (χ4v) is 3.83. The van der Waals surface area contributed by atoms with Crippen LogP contribution in [-0.2, 0) is 19.4 Å². The molecule has 7 heteroatoms. The molecule has 0 radical (unpaired) electrons. The van der Waals surface area contributed by atoms with Crippen molar-refractivity contribution in [3.8, 4) is 0 Å². The molecule has 0 amide bonds. The minimum absolute atomic E-state index is 0.129. The number of rotatable bonds is 3. The number of sulfone groups is 1. The largest absolute Gasteiger partial charge is 0.481 e. The number of carbonyl (C=O) groups is 1. The van der Waals surface area contributed by atoms with Crippen molar-refractivity contribution in [3.05, 3.63) is 0 Å². The summed E-state index contributed by atoms with van der Waals surface area (Å²) >= 11 is 0. The first-order valence-electron chi connectivity index (χ1n) is 6.18. The van der Waals surface area contributed by atoms with Crippen LogP contribution in [0.15, 0.2) is 0 Å². The smallest absolute Gasteiger partial charge is 0.313 e. The maximum atomic E-state index is 11.5. The van der Waals surface area contributed by atoms with Crippen LogP contribution < -0.4 is 0 Å². The first kappa shape index (κ1) is 13.8. The standard InChI is InChI=1S/C11H19NO5S/c13-10(14)11(2-1-5-17-9-11)8-12-3-6-18(15,16)7-4-12/h1-9H2,(H,13,14). The van der Waals surface area contributed by atoms with Crippen LogP contribution >= 0.6 is 0 Å². The van der Waals surface area contributed by atoms with Crippen LogP contribution in [0.2, 0.25) is 0 Å². The van der Waals surface area contributed by atoms with Crippen molar-refractivity contribution in [2.45, 2.75) is 12.8 Å². The van der Waals surface area contributed by atoms with Gasteiger partial charge in [0.2, 0.25) is 0 Å². The molecule has 104 valence electrons. The third kappa shape index (κ3) is 3.02. The maximum absolute atomic E-state index is 11.5. The molecule has 2 aliphatic rings. The van der Waals surface area contributed by atoms with Gasteiger partial charge in [-0.05, 0) is 12.8 Å². The molecule has 0 aromatic rings. The van der Waals surface area contributed by atoms with Gasteiger partial charge in [0.05, 0.1) is 18.1 Å². The first-order chi connectivity index (χ1) is 8.44. The second-order valence-corrected chi connectivity index (χ2v) is 7.47. The van der Waals surface area contributed by atoms with Crippen molar-refractivity contribution in [1.82, 2.24) is 4.90 Å². The molecule has 0 aliphatic carbocycles. The monoisotopic (exact) mass is 277 g/mol. The van der Waals surface area contributed by atoms with E-state index >= 15 is 0 Å². The van der Waals surface area contributed by atoms with E-state index in [0.717, 1.165) is 6.42 Å². The second kappa shape index (κ2) is 5.14.